The molecule has 160 valence electrons. The lowest BCUT2D eigenvalue weighted by molar-refractivity contribution is 0.245. The summed E-state index contributed by atoms with van der Waals surface area (Å²) in [7, 11) is 2.13. The van der Waals surface area contributed by atoms with E-state index in [0.717, 1.165) is 47.7 Å². The molecule has 6 nitrogen and oxygen atoms in total. The number of fused-ring (bicyclic) bond motifs is 2. The van der Waals surface area contributed by atoms with Crippen LogP contribution >= 0.6 is 0 Å². The molecule has 1 aliphatic heterocycles. The predicted octanol–water partition coefficient (Wildman–Crippen LogP) is 4.95. The highest BCUT2D eigenvalue weighted by Gasteiger charge is 2.28. The second-order valence-electron chi connectivity index (χ2n) is 8.70. The first-order valence-corrected chi connectivity index (χ1v) is 11.2. The van der Waals surface area contributed by atoms with Gasteiger partial charge < -0.3 is 4.57 Å². The fourth-order valence-electron chi connectivity index (χ4n) is 5.10. The molecule has 0 radical (unpaired) electrons. The van der Waals surface area contributed by atoms with Gasteiger partial charge in [-0.2, -0.15) is 9.78 Å². The molecule has 4 aromatic heterocycles. The summed E-state index contributed by atoms with van der Waals surface area (Å²) in [6.45, 7) is 4.06. The Balaban J connectivity index is 1.37. The minimum atomic E-state index is 0.311. The summed E-state index contributed by atoms with van der Waals surface area (Å²) in [6.07, 6.45) is 6.38. The monoisotopic (exact) mass is 422 g/mol. The summed E-state index contributed by atoms with van der Waals surface area (Å²) < 4.78 is 4.10. The fourth-order valence-corrected chi connectivity index (χ4v) is 5.10. The maximum atomic E-state index is 5.13. The van der Waals surface area contributed by atoms with Crippen LogP contribution in [0.1, 0.15) is 35.8 Å². The second-order valence-corrected chi connectivity index (χ2v) is 8.70. The molecule has 0 saturated carbocycles. The smallest absolute Gasteiger partial charge is 0.165 e. The third-order valence-electron chi connectivity index (χ3n) is 6.66. The van der Waals surface area contributed by atoms with Crippen molar-refractivity contribution >= 4 is 21.9 Å². The van der Waals surface area contributed by atoms with E-state index in [0.29, 0.717) is 6.04 Å². The van der Waals surface area contributed by atoms with Crippen molar-refractivity contribution in [2.45, 2.75) is 32.4 Å². The number of aryl methyl sites for hydroxylation is 2. The third-order valence-corrected chi connectivity index (χ3v) is 6.66. The number of rotatable bonds is 4. The van der Waals surface area contributed by atoms with Gasteiger partial charge in [-0.05, 0) is 62.2 Å². The van der Waals surface area contributed by atoms with Crippen molar-refractivity contribution in [3.05, 3.63) is 83.9 Å². The molecule has 0 bridgehead atoms. The largest absolute Gasteiger partial charge is 0.350 e. The molecule has 5 aromatic rings. The molecule has 5 heterocycles. The number of para-hydroxylation sites is 1. The minimum Gasteiger partial charge on any atom is -0.350 e. The predicted molar refractivity (Wildman–Crippen MR) is 127 cm³/mol. The molecule has 1 atom stereocenters. The number of likely N-dealkylation sites (tertiary alicyclic amines) is 1. The Bertz CT molecular complexity index is 1410. The highest BCUT2D eigenvalue weighted by Crippen LogP contribution is 2.35. The summed E-state index contributed by atoms with van der Waals surface area (Å²) in [5.74, 6) is 0.800. The fraction of sp³-hybridized carbons (Fsp3) is 0.269. The molecule has 1 aliphatic rings. The molecule has 0 aliphatic carbocycles. The Kier molecular flexibility index (Phi) is 4.54. The first-order valence-electron chi connectivity index (χ1n) is 11.2. The molecular weight excluding hydrogens is 396 g/mol. The van der Waals surface area contributed by atoms with Crippen molar-refractivity contribution in [2.75, 3.05) is 6.54 Å². The maximum Gasteiger partial charge on any atom is 0.165 e. The van der Waals surface area contributed by atoms with Gasteiger partial charge in [0.1, 0.15) is 0 Å². The molecule has 1 fully saturated rings. The van der Waals surface area contributed by atoms with Crippen LogP contribution in [0.25, 0.3) is 27.8 Å². The van der Waals surface area contributed by atoms with E-state index < -0.39 is 0 Å². The van der Waals surface area contributed by atoms with Crippen molar-refractivity contribution in [2.24, 2.45) is 7.05 Å². The molecule has 0 unspecified atom stereocenters. The summed E-state index contributed by atoms with van der Waals surface area (Å²) in [6, 6.07) is 19.2. The highest BCUT2D eigenvalue weighted by molar-refractivity contribution is 5.84. The second kappa shape index (κ2) is 7.57. The van der Waals surface area contributed by atoms with Crippen molar-refractivity contribution in [3.8, 4) is 5.82 Å². The number of hydrogen-bond acceptors (Lipinski definition) is 4. The molecular formula is C26H26N6. The zero-order valence-electron chi connectivity index (χ0n) is 18.4. The maximum absolute atomic E-state index is 5.13. The molecule has 0 spiro atoms. The zero-order valence-corrected chi connectivity index (χ0v) is 18.4. The van der Waals surface area contributed by atoms with Gasteiger partial charge in [-0.25, -0.2) is 9.97 Å². The summed E-state index contributed by atoms with van der Waals surface area (Å²) in [4.78, 5) is 12.2. The van der Waals surface area contributed by atoms with Gasteiger partial charge in [0.2, 0.25) is 0 Å². The molecule has 1 aromatic carbocycles. The molecule has 6 rings (SSSR count). The number of benzene rings is 1. The van der Waals surface area contributed by atoms with Crippen LogP contribution in [0.5, 0.6) is 0 Å². The van der Waals surface area contributed by atoms with Crippen LogP contribution in [-0.2, 0) is 13.6 Å². The minimum absolute atomic E-state index is 0.311. The number of aromatic nitrogens is 5. The average Bonchev–Trinajstić information content (AvgIpc) is 3.51. The van der Waals surface area contributed by atoms with E-state index in [4.69, 9.17) is 10.1 Å². The molecule has 32 heavy (non-hydrogen) atoms. The van der Waals surface area contributed by atoms with Crippen molar-refractivity contribution in [1.82, 2.24) is 29.2 Å². The lowest BCUT2D eigenvalue weighted by Gasteiger charge is -2.24. The van der Waals surface area contributed by atoms with Crippen LogP contribution < -0.4 is 0 Å². The van der Waals surface area contributed by atoms with Crippen molar-refractivity contribution in [3.63, 3.8) is 0 Å². The summed E-state index contributed by atoms with van der Waals surface area (Å²) >= 11 is 0. The molecule has 0 N–H and O–H groups in total. The Labute approximate surface area is 187 Å². The van der Waals surface area contributed by atoms with Crippen LogP contribution in [0, 0.1) is 6.92 Å². The van der Waals surface area contributed by atoms with E-state index in [-0.39, 0.29) is 0 Å². The Morgan fingerprint density at radius 3 is 2.75 bits per heavy atom. The third kappa shape index (κ3) is 3.10. The lowest BCUT2D eigenvalue weighted by Crippen LogP contribution is -2.23. The number of pyridine rings is 2. The van der Waals surface area contributed by atoms with E-state index in [2.05, 4.69) is 64.1 Å². The van der Waals surface area contributed by atoms with Gasteiger partial charge in [0.05, 0.1) is 17.4 Å². The van der Waals surface area contributed by atoms with E-state index >= 15 is 0 Å². The zero-order chi connectivity index (χ0) is 21.7. The standard InChI is InChI=1S/C26H26N6/c1-18-20-12-13-22(28-26(20)32(29-18)25-11-5-6-14-27-25)24-10-7-15-31(24)17-19-16-30(2)23-9-4-3-8-21(19)23/h3-6,8-9,11-14,16,24H,7,10,15,17H2,1-2H3/t24-/m0/s1. The number of hydrogen-bond donors (Lipinski definition) is 0. The SMILES string of the molecule is Cc1nn(-c2ccccn2)c2nc([C@@H]3CCCN3Cc3cn(C)c4ccccc34)ccc12. The van der Waals surface area contributed by atoms with Gasteiger partial charge in [-0.3, -0.25) is 4.90 Å². The summed E-state index contributed by atoms with van der Waals surface area (Å²) in [5, 5.41) is 7.15. The topological polar surface area (TPSA) is 51.8 Å². The van der Waals surface area contributed by atoms with Crippen LogP contribution in [0.15, 0.2) is 67.0 Å². The van der Waals surface area contributed by atoms with Gasteiger partial charge >= 0.3 is 0 Å². The van der Waals surface area contributed by atoms with E-state index in [1.165, 1.54) is 22.9 Å². The quantitative estimate of drug-likeness (QED) is 0.411. The molecule has 0 amide bonds. The first kappa shape index (κ1) is 19.2. The van der Waals surface area contributed by atoms with Crippen molar-refractivity contribution < 1.29 is 0 Å². The Hall–Kier alpha value is -3.51. The normalized spacial score (nSPS) is 17.0. The van der Waals surface area contributed by atoms with Crippen molar-refractivity contribution in [1.29, 1.82) is 0 Å². The lowest BCUT2D eigenvalue weighted by atomic mass is 10.1. The Morgan fingerprint density at radius 2 is 1.88 bits per heavy atom. The van der Waals surface area contributed by atoms with Crippen LogP contribution in [0.4, 0.5) is 0 Å². The van der Waals surface area contributed by atoms with Gasteiger partial charge in [-0.15, -0.1) is 0 Å². The Morgan fingerprint density at radius 1 is 1.00 bits per heavy atom. The molecule has 1 saturated heterocycles. The first-order chi connectivity index (χ1) is 15.7. The van der Waals surface area contributed by atoms with E-state index in [9.17, 15) is 0 Å². The summed E-state index contributed by atoms with van der Waals surface area (Å²) in [5.41, 5.74) is 5.64. The molecule has 6 heteroatoms. The average molecular weight is 423 g/mol. The van der Waals surface area contributed by atoms with Crippen LogP contribution in [-0.4, -0.2) is 35.8 Å². The van der Waals surface area contributed by atoms with Gasteiger partial charge in [0.25, 0.3) is 0 Å². The van der Waals surface area contributed by atoms with E-state index in [1.807, 2.05) is 29.8 Å². The van der Waals surface area contributed by atoms with Gasteiger partial charge in [-0.1, -0.05) is 24.3 Å². The van der Waals surface area contributed by atoms with E-state index in [1.54, 1.807) is 6.20 Å². The highest BCUT2D eigenvalue weighted by atomic mass is 15.3. The van der Waals surface area contributed by atoms with Crippen LogP contribution in [0.2, 0.25) is 0 Å². The van der Waals surface area contributed by atoms with Crippen LogP contribution in [0.3, 0.4) is 0 Å². The number of nitrogens with zero attached hydrogens (tertiary/aromatic N) is 6. The van der Waals surface area contributed by atoms with Gasteiger partial charge in [0.15, 0.2) is 11.5 Å². The van der Waals surface area contributed by atoms with Gasteiger partial charge in [0, 0.05) is 42.3 Å².